The molecule has 0 bridgehead atoms. The molecular weight excluding hydrogens is 234 g/mol. The highest BCUT2D eigenvalue weighted by Crippen LogP contribution is 2.35. The molecule has 2 N–H and O–H groups in total. The zero-order valence-electron chi connectivity index (χ0n) is 10.6. The van der Waals surface area contributed by atoms with Gasteiger partial charge in [-0.05, 0) is 31.4 Å². The van der Waals surface area contributed by atoms with E-state index in [0.717, 1.165) is 31.4 Å². The summed E-state index contributed by atoms with van der Waals surface area (Å²) in [5, 5.41) is 13.3. The number of carbonyl (C=O) groups is 1. The minimum Gasteiger partial charge on any atom is -0.480 e. The summed E-state index contributed by atoms with van der Waals surface area (Å²) in [6.45, 7) is 2.06. The van der Waals surface area contributed by atoms with Gasteiger partial charge in [-0.2, -0.15) is 11.8 Å². The summed E-state index contributed by atoms with van der Waals surface area (Å²) in [5.41, 5.74) is -0.676. The zero-order valence-corrected chi connectivity index (χ0v) is 11.4. The Balaban J connectivity index is 2.07. The summed E-state index contributed by atoms with van der Waals surface area (Å²) in [6, 6.07) is 0.418. The Hall–Kier alpha value is -0.220. The summed E-state index contributed by atoms with van der Waals surface area (Å²) in [6.07, 6.45) is 7.89. The highest BCUT2D eigenvalue weighted by atomic mass is 32.2. The van der Waals surface area contributed by atoms with Gasteiger partial charge in [0.25, 0.3) is 0 Å². The average Bonchev–Trinajstić information content (AvgIpc) is 2.33. The number of hydrogen-bond donors (Lipinski definition) is 2. The van der Waals surface area contributed by atoms with Gasteiger partial charge >= 0.3 is 5.97 Å². The predicted octanol–water partition coefficient (Wildman–Crippen LogP) is 2.65. The van der Waals surface area contributed by atoms with Crippen LogP contribution in [0.2, 0.25) is 0 Å². The average molecular weight is 257 g/mol. The van der Waals surface area contributed by atoms with Crippen LogP contribution in [0.4, 0.5) is 0 Å². The molecule has 0 aromatic carbocycles. The van der Waals surface area contributed by atoms with Crippen molar-refractivity contribution in [3.05, 3.63) is 0 Å². The molecule has 1 heterocycles. The van der Waals surface area contributed by atoms with Crippen molar-refractivity contribution in [1.82, 2.24) is 5.32 Å². The molecule has 0 aromatic rings. The lowest BCUT2D eigenvalue weighted by Gasteiger charge is -2.42. The smallest absolute Gasteiger partial charge is 0.325 e. The van der Waals surface area contributed by atoms with E-state index in [0.29, 0.717) is 6.04 Å². The number of aliphatic carboxylic acids is 1. The van der Waals surface area contributed by atoms with Crippen molar-refractivity contribution in [1.29, 1.82) is 0 Å². The molecule has 2 fully saturated rings. The molecule has 1 aliphatic heterocycles. The summed E-state index contributed by atoms with van der Waals surface area (Å²) in [7, 11) is 0. The van der Waals surface area contributed by atoms with Gasteiger partial charge in [-0.25, -0.2) is 0 Å². The Kier molecular flexibility index (Phi) is 4.36. The van der Waals surface area contributed by atoms with E-state index >= 15 is 0 Å². The molecule has 0 spiro atoms. The SMILES string of the molecule is CC1SCCCC1(NC1CCCCC1)C(=O)O. The van der Waals surface area contributed by atoms with Gasteiger partial charge in [0.1, 0.15) is 5.54 Å². The lowest BCUT2D eigenvalue weighted by Crippen LogP contribution is -2.62. The molecule has 98 valence electrons. The largest absolute Gasteiger partial charge is 0.480 e. The fraction of sp³-hybridized carbons (Fsp3) is 0.923. The Bertz CT molecular complexity index is 279. The molecule has 0 aromatic heterocycles. The molecule has 3 nitrogen and oxygen atoms in total. The van der Waals surface area contributed by atoms with E-state index < -0.39 is 11.5 Å². The Morgan fingerprint density at radius 3 is 2.59 bits per heavy atom. The summed E-state index contributed by atoms with van der Waals surface area (Å²) in [5.74, 6) is 0.450. The molecule has 4 heteroatoms. The second-order valence-corrected chi connectivity index (χ2v) is 6.82. The van der Waals surface area contributed by atoms with E-state index in [2.05, 4.69) is 12.2 Å². The van der Waals surface area contributed by atoms with Gasteiger partial charge in [0, 0.05) is 11.3 Å². The highest BCUT2D eigenvalue weighted by molar-refractivity contribution is 8.00. The van der Waals surface area contributed by atoms with Gasteiger partial charge in [0.2, 0.25) is 0 Å². The number of carboxylic acid groups (broad SMARTS) is 1. The first-order valence-electron chi connectivity index (χ1n) is 6.78. The molecule has 2 unspecified atom stereocenters. The van der Waals surface area contributed by atoms with Crippen LogP contribution in [0.1, 0.15) is 51.9 Å². The van der Waals surface area contributed by atoms with Crippen LogP contribution in [0, 0.1) is 0 Å². The Morgan fingerprint density at radius 2 is 2.00 bits per heavy atom. The molecule has 17 heavy (non-hydrogen) atoms. The van der Waals surface area contributed by atoms with Crippen LogP contribution in [0.25, 0.3) is 0 Å². The first-order valence-corrected chi connectivity index (χ1v) is 7.83. The van der Waals surface area contributed by atoms with Crippen molar-refractivity contribution in [2.24, 2.45) is 0 Å². The van der Waals surface area contributed by atoms with Crippen LogP contribution in [-0.4, -0.2) is 33.7 Å². The van der Waals surface area contributed by atoms with E-state index in [1.54, 1.807) is 11.8 Å². The topological polar surface area (TPSA) is 49.3 Å². The molecule has 2 aliphatic rings. The highest BCUT2D eigenvalue weighted by Gasteiger charge is 2.46. The fourth-order valence-electron chi connectivity index (χ4n) is 3.10. The number of carboxylic acids is 1. The molecule has 0 radical (unpaired) electrons. The van der Waals surface area contributed by atoms with Crippen LogP contribution in [0.3, 0.4) is 0 Å². The predicted molar refractivity (Wildman–Crippen MR) is 71.5 cm³/mol. The lowest BCUT2D eigenvalue weighted by molar-refractivity contribution is -0.145. The molecule has 0 amide bonds. The van der Waals surface area contributed by atoms with Crippen molar-refractivity contribution < 1.29 is 9.90 Å². The van der Waals surface area contributed by atoms with Crippen molar-refractivity contribution >= 4 is 17.7 Å². The number of nitrogens with one attached hydrogen (secondary N) is 1. The Labute approximate surface area is 108 Å². The fourth-order valence-corrected chi connectivity index (χ4v) is 4.34. The van der Waals surface area contributed by atoms with Gasteiger partial charge in [-0.1, -0.05) is 26.2 Å². The summed E-state index contributed by atoms with van der Waals surface area (Å²) in [4.78, 5) is 11.7. The maximum atomic E-state index is 11.7. The van der Waals surface area contributed by atoms with Crippen LogP contribution in [-0.2, 0) is 4.79 Å². The van der Waals surface area contributed by atoms with Gasteiger partial charge in [0.05, 0.1) is 0 Å². The maximum absolute atomic E-state index is 11.7. The molecular formula is C13H23NO2S. The van der Waals surface area contributed by atoms with Crippen LogP contribution < -0.4 is 5.32 Å². The van der Waals surface area contributed by atoms with Crippen LogP contribution in [0.15, 0.2) is 0 Å². The van der Waals surface area contributed by atoms with Crippen molar-refractivity contribution in [2.75, 3.05) is 5.75 Å². The van der Waals surface area contributed by atoms with E-state index in [1.807, 2.05) is 0 Å². The lowest BCUT2D eigenvalue weighted by atomic mass is 9.86. The molecule has 1 aliphatic carbocycles. The van der Waals surface area contributed by atoms with Gasteiger partial charge in [-0.15, -0.1) is 0 Å². The van der Waals surface area contributed by atoms with E-state index in [-0.39, 0.29) is 5.25 Å². The van der Waals surface area contributed by atoms with Gasteiger partial charge < -0.3 is 5.11 Å². The molecule has 1 saturated heterocycles. The third-order valence-corrected chi connectivity index (χ3v) is 5.65. The third kappa shape index (κ3) is 2.79. The van der Waals surface area contributed by atoms with Crippen molar-refractivity contribution in [3.63, 3.8) is 0 Å². The minimum atomic E-state index is -0.676. The molecule has 2 rings (SSSR count). The van der Waals surface area contributed by atoms with Gasteiger partial charge in [0.15, 0.2) is 0 Å². The standard InChI is InChI=1S/C13H23NO2S/c1-10-13(12(15)16,8-5-9-17-10)14-11-6-3-2-4-7-11/h10-11,14H,2-9H2,1H3,(H,15,16). The van der Waals surface area contributed by atoms with Crippen LogP contribution >= 0.6 is 11.8 Å². The third-order valence-electron chi connectivity index (χ3n) is 4.23. The summed E-state index contributed by atoms with van der Waals surface area (Å²) < 4.78 is 0. The second kappa shape index (κ2) is 5.61. The normalized spacial score (nSPS) is 35.7. The minimum absolute atomic E-state index is 0.177. The quantitative estimate of drug-likeness (QED) is 0.816. The van der Waals surface area contributed by atoms with Crippen LogP contribution in [0.5, 0.6) is 0 Å². The second-order valence-electron chi connectivity index (χ2n) is 5.37. The first kappa shape index (κ1) is 13.2. The van der Waals surface area contributed by atoms with Gasteiger partial charge in [-0.3, -0.25) is 10.1 Å². The van der Waals surface area contributed by atoms with E-state index in [9.17, 15) is 9.90 Å². The zero-order chi connectivity index (χ0) is 12.3. The molecule has 2 atom stereocenters. The van der Waals surface area contributed by atoms with E-state index in [1.165, 1.54) is 19.3 Å². The maximum Gasteiger partial charge on any atom is 0.325 e. The van der Waals surface area contributed by atoms with E-state index in [4.69, 9.17) is 0 Å². The number of thioether (sulfide) groups is 1. The van der Waals surface area contributed by atoms with Crippen molar-refractivity contribution in [3.8, 4) is 0 Å². The monoisotopic (exact) mass is 257 g/mol. The van der Waals surface area contributed by atoms with Crippen molar-refractivity contribution in [2.45, 2.75) is 68.7 Å². The number of rotatable bonds is 3. The summed E-state index contributed by atoms with van der Waals surface area (Å²) >= 11 is 1.80. The first-order chi connectivity index (χ1) is 8.15. The molecule has 1 saturated carbocycles. The number of hydrogen-bond acceptors (Lipinski definition) is 3. The Morgan fingerprint density at radius 1 is 1.29 bits per heavy atom.